The monoisotopic (exact) mass is 228 g/mol. The quantitative estimate of drug-likeness (QED) is 0.695. The Morgan fingerprint density at radius 1 is 1.00 bits per heavy atom. The van der Waals surface area contributed by atoms with Gasteiger partial charge in [0.15, 0.2) is 0 Å². The first-order valence-corrected chi connectivity index (χ1v) is 5.96. The van der Waals surface area contributed by atoms with Gasteiger partial charge in [-0.1, -0.05) is 64.8 Å². The van der Waals surface area contributed by atoms with Gasteiger partial charge >= 0.3 is 0 Å². The zero-order valence-corrected chi connectivity index (χ0v) is 11.1. The van der Waals surface area contributed by atoms with Crippen molar-refractivity contribution < 1.29 is 0 Å². The van der Waals surface area contributed by atoms with E-state index >= 15 is 0 Å². The minimum absolute atomic E-state index is 0.606. The molecule has 0 saturated carbocycles. The lowest BCUT2D eigenvalue weighted by molar-refractivity contribution is 0.978. The Balaban J connectivity index is 0. The highest BCUT2D eigenvalue weighted by Gasteiger charge is 1.90. The highest BCUT2D eigenvalue weighted by molar-refractivity contribution is 7.78. The Morgan fingerprint density at radius 3 is 1.73 bits per heavy atom. The topological polar surface area (TPSA) is 38.0 Å². The number of hydrogen-bond acceptors (Lipinski definition) is 3. The summed E-state index contributed by atoms with van der Waals surface area (Å²) in [4.78, 5) is 0. The second-order valence-electron chi connectivity index (χ2n) is 2.36. The number of thiol groups is 1. The van der Waals surface area contributed by atoms with Gasteiger partial charge in [-0.25, -0.2) is 0 Å². The van der Waals surface area contributed by atoms with Gasteiger partial charge in [0.1, 0.15) is 0 Å². The molecule has 0 amide bonds. The van der Waals surface area contributed by atoms with E-state index in [1.165, 1.54) is 5.56 Å². The van der Waals surface area contributed by atoms with Crippen LogP contribution in [0.25, 0.3) is 0 Å². The Kier molecular flexibility index (Phi) is 15.2. The zero-order valence-electron chi connectivity index (χ0n) is 10.2. The highest BCUT2D eigenvalue weighted by Crippen LogP contribution is 2.03. The van der Waals surface area contributed by atoms with Crippen molar-refractivity contribution in [1.82, 2.24) is 4.72 Å². The van der Waals surface area contributed by atoms with Crippen LogP contribution in [0.1, 0.15) is 38.8 Å². The molecule has 3 N–H and O–H groups in total. The molecule has 0 spiro atoms. The average Bonchev–Trinajstić information content (AvgIpc) is 2.36. The molecule has 0 aliphatic heterocycles. The molecule has 0 unspecified atom stereocenters. The normalized spacial score (nSPS) is 8.13. The van der Waals surface area contributed by atoms with E-state index in [-0.39, 0.29) is 0 Å². The van der Waals surface area contributed by atoms with Gasteiger partial charge in [-0.15, -0.1) is 0 Å². The first-order valence-electron chi connectivity index (χ1n) is 5.51. The molecule has 1 rings (SSSR count). The molecule has 0 saturated heterocycles. The van der Waals surface area contributed by atoms with Crippen molar-refractivity contribution >= 4 is 12.8 Å². The maximum atomic E-state index is 5.44. The van der Waals surface area contributed by atoms with Crippen LogP contribution < -0.4 is 10.5 Å². The lowest BCUT2D eigenvalue weighted by Gasteiger charge is -2.00. The maximum Gasteiger partial charge on any atom is 0.0307 e. The Hall–Kier alpha value is -0.510. The lowest BCUT2D eigenvalue weighted by Crippen LogP contribution is -2.00. The molecule has 0 atom stereocenters. The van der Waals surface area contributed by atoms with E-state index in [0.29, 0.717) is 6.54 Å². The van der Waals surface area contributed by atoms with E-state index < -0.39 is 0 Å². The van der Waals surface area contributed by atoms with Gasteiger partial charge < -0.3 is 5.73 Å². The van der Waals surface area contributed by atoms with Crippen molar-refractivity contribution in [3.05, 3.63) is 35.4 Å². The molecular weight excluding hydrogens is 204 g/mol. The lowest BCUT2D eigenvalue weighted by atomic mass is 10.1. The molecule has 0 bridgehead atoms. The molecule has 88 valence electrons. The van der Waals surface area contributed by atoms with Crippen LogP contribution in [0.5, 0.6) is 0 Å². The molecule has 1 aromatic rings. The molecule has 1 aromatic carbocycles. The fourth-order valence-electron chi connectivity index (χ4n) is 0.884. The van der Waals surface area contributed by atoms with Crippen molar-refractivity contribution in [2.75, 3.05) is 0 Å². The minimum Gasteiger partial charge on any atom is -0.326 e. The van der Waals surface area contributed by atoms with Crippen molar-refractivity contribution in [2.24, 2.45) is 5.73 Å². The standard InChI is InChI=1S/C8H12N2S.2C2H6/c9-5-7-1-3-8(4-2-7)6-10-11;2*1-2/h1-4,10-11H,5-6,9H2;2*1-2H3. The van der Waals surface area contributed by atoms with Gasteiger partial charge in [-0.2, -0.15) is 0 Å². The van der Waals surface area contributed by atoms with Gasteiger partial charge in [0.25, 0.3) is 0 Å². The summed E-state index contributed by atoms with van der Waals surface area (Å²) < 4.78 is 2.78. The minimum atomic E-state index is 0.606. The van der Waals surface area contributed by atoms with Gasteiger partial charge in [-0.05, 0) is 11.1 Å². The van der Waals surface area contributed by atoms with Crippen LogP contribution in [0, 0.1) is 0 Å². The maximum absolute atomic E-state index is 5.44. The molecule has 0 aliphatic carbocycles. The summed E-state index contributed by atoms with van der Waals surface area (Å²) in [5.74, 6) is 0. The summed E-state index contributed by atoms with van der Waals surface area (Å²) in [6, 6.07) is 8.15. The molecule has 3 heteroatoms. The molecule has 0 radical (unpaired) electrons. The fraction of sp³-hybridized carbons (Fsp3) is 0.500. The van der Waals surface area contributed by atoms with Gasteiger partial charge in [0.2, 0.25) is 0 Å². The van der Waals surface area contributed by atoms with Crippen molar-refractivity contribution in [2.45, 2.75) is 40.8 Å². The fourth-order valence-corrected chi connectivity index (χ4v) is 1.07. The van der Waals surface area contributed by atoms with Gasteiger partial charge in [0, 0.05) is 13.1 Å². The third-order valence-electron chi connectivity index (χ3n) is 1.54. The largest absolute Gasteiger partial charge is 0.326 e. The number of nitrogens with two attached hydrogens (primary N) is 1. The Bertz CT molecular complexity index is 209. The van der Waals surface area contributed by atoms with E-state index in [1.54, 1.807) is 0 Å². The molecule has 0 aromatic heterocycles. The molecule has 0 fully saturated rings. The van der Waals surface area contributed by atoms with Crippen LogP contribution in [-0.4, -0.2) is 0 Å². The van der Waals surface area contributed by atoms with Gasteiger partial charge in [0.05, 0.1) is 0 Å². The van der Waals surface area contributed by atoms with E-state index in [1.807, 2.05) is 52.0 Å². The summed E-state index contributed by atoms with van der Waals surface area (Å²) in [6.07, 6.45) is 0. The number of benzene rings is 1. The van der Waals surface area contributed by atoms with Crippen LogP contribution in [0.15, 0.2) is 24.3 Å². The smallest absolute Gasteiger partial charge is 0.0307 e. The molecular formula is C12H24N2S. The zero-order chi connectivity index (χ0) is 12.1. The summed E-state index contributed by atoms with van der Waals surface area (Å²) in [5.41, 5.74) is 7.82. The van der Waals surface area contributed by atoms with Crippen LogP contribution in [0.3, 0.4) is 0 Å². The molecule has 0 heterocycles. The highest BCUT2D eigenvalue weighted by atomic mass is 32.1. The third kappa shape index (κ3) is 8.48. The number of rotatable bonds is 3. The van der Waals surface area contributed by atoms with E-state index in [2.05, 4.69) is 17.5 Å². The summed E-state index contributed by atoms with van der Waals surface area (Å²) >= 11 is 3.91. The van der Waals surface area contributed by atoms with E-state index in [0.717, 1.165) is 12.1 Å². The summed E-state index contributed by atoms with van der Waals surface area (Å²) in [7, 11) is 0. The Morgan fingerprint density at radius 2 is 1.40 bits per heavy atom. The van der Waals surface area contributed by atoms with Crippen LogP contribution in [0.4, 0.5) is 0 Å². The third-order valence-corrected chi connectivity index (χ3v) is 1.70. The Labute approximate surface area is 99.8 Å². The van der Waals surface area contributed by atoms with Crippen molar-refractivity contribution in [3.63, 3.8) is 0 Å². The second kappa shape index (κ2) is 13.5. The molecule has 0 aliphatic rings. The predicted molar refractivity (Wildman–Crippen MR) is 72.9 cm³/mol. The van der Waals surface area contributed by atoms with Crippen molar-refractivity contribution in [1.29, 1.82) is 0 Å². The van der Waals surface area contributed by atoms with Crippen LogP contribution >= 0.6 is 12.8 Å². The summed E-state index contributed by atoms with van der Waals surface area (Å²) in [6.45, 7) is 9.39. The van der Waals surface area contributed by atoms with Crippen LogP contribution in [0.2, 0.25) is 0 Å². The molecule has 15 heavy (non-hydrogen) atoms. The SMILES string of the molecule is CC.CC.NCc1ccc(CNS)cc1. The molecule has 2 nitrogen and oxygen atoms in total. The first-order chi connectivity index (χ1) is 7.36. The number of nitrogens with one attached hydrogen (secondary N) is 1. The van der Waals surface area contributed by atoms with Gasteiger partial charge in [-0.3, -0.25) is 4.72 Å². The first kappa shape index (κ1) is 16.9. The van der Waals surface area contributed by atoms with Crippen LogP contribution in [-0.2, 0) is 13.1 Å². The average molecular weight is 228 g/mol. The van der Waals surface area contributed by atoms with Crippen molar-refractivity contribution in [3.8, 4) is 0 Å². The predicted octanol–water partition coefficient (Wildman–Crippen LogP) is 3.13. The van der Waals surface area contributed by atoms with E-state index in [9.17, 15) is 0 Å². The summed E-state index contributed by atoms with van der Waals surface area (Å²) in [5, 5.41) is 0. The second-order valence-corrected chi connectivity index (χ2v) is 2.67. The van der Waals surface area contributed by atoms with E-state index in [4.69, 9.17) is 5.73 Å². The number of hydrogen-bond donors (Lipinski definition) is 3.